The SMILES string of the molecule is CC(C)OCCC(CCNC=O)COc1ccc(N2CCCC(N)C2)nc1.Fc1ccc(F)cc1. The van der Waals surface area contributed by atoms with Crippen molar-refractivity contribution in [2.75, 3.05) is 37.7 Å². The van der Waals surface area contributed by atoms with E-state index in [4.69, 9.17) is 15.2 Å². The number of hydrogen-bond acceptors (Lipinski definition) is 6. The van der Waals surface area contributed by atoms with Gasteiger partial charge in [0.25, 0.3) is 0 Å². The molecule has 3 N–H and O–H groups in total. The molecule has 2 heterocycles. The molecule has 3 rings (SSSR count). The first kappa shape index (κ1) is 28.5. The van der Waals surface area contributed by atoms with Crippen LogP contribution in [0.2, 0.25) is 0 Å². The first-order valence-electron chi connectivity index (χ1n) is 12.2. The van der Waals surface area contributed by atoms with E-state index in [9.17, 15) is 13.6 Å². The van der Waals surface area contributed by atoms with Gasteiger partial charge in [-0.05, 0) is 81.8 Å². The van der Waals surface area contributed by atoms with Gasteiger partial charge in [0.15, 0.2) is 0 Å². The van der Waals surface area contributed by atoms with Crippen LogP contribution < -0.4 is 20.7 Å². The topological polar surface area (TPSA) is 89.7 Å². The number of carbonyl (C=O) groups excluding carboxylic acids is 1. The summed E-state index contributed by atoms with van der Waals surface area (Å²) in [6, 6.07) is 8.51. The summed E-state index contributed by atoms with van der Waals surface area (Å²) in [6.45, 7) is 7.84. The van der Waals surface area contributed by atoms with Crippen molar-refractivity contribution in [3.05, 3.63) is 54.2 Å². The summed E-state index contributed by atoms with van der Waals surface area (Å²) in [7, 11) is 0. The molecular weight excluding hydrogens is 454 g/mol. The normalized spacial score (nSPS) is 16.3. The average molecular weight is 493 g/mol. The fourth-order valence-electron chi connectivity index (χ4n) is 3.63. The van der Waals surface area contributed by atoms with Crippen molar-refractivity contribution < 1.29 is 23.0 Å². The summed E-state index contributed by atoms with van der Waals surface area (Å²) >= 11 is 0. The van der Waals surface area contributed by atoms with Gasteiger partial charge in [0.1, 0.15) is 23.2 Å². The Bertz CT molecular complexity index is 816. The zero-order valence-corrected chi connectivity index (χ0v) is 20.7. The molecule has 1 aromatic heterocycles. The van der Waals surface area contributed by atoms with E-state index in [-0.39, 0.29) is 12.1 Å². The van der Waals surface area contributed by atoms with E-state index in [1.54, 1.807) is 6.20 Å². The van der Waals surface area contributed by atoms with Crippen LogP contribution in [0.3, 0.4) is 0 Å². The van der Waals surface area contributed by atoms with Gasteiger partial charge in [-0.1, -0.05) is 0 Å². The number of nitrogens with zero attached hydrogens (tertiary/aromatic N) is 2. The predicted molar refractivity (Wildman–Crippen MR) is 133 cm³/mol. The molecule has 2 atom stereocenters. The second-order valence-corrected chi connectivity index (χ2v) is 8.88. The Morgan fingerprint density at radius 3 is 2.46 bits per heavy atom. The number of piperidine rings is 1. The Morgan fingerprint density at radius 2 is 1.89 bits per heavy atom. The second kappa shape index (κ2) is 16.0. The average Bonchev–Trinajstić information content (AvgIpc) is 2.85. The molecule has 35 heavy (non-hydrogen) atoms. The van der Waals surface area contributed by atoms with Crippen LogP contribution in [-0.2, 0) is 9.53 Å². The molecule has 1 fully saturated rings. The van der Waals surface area contributed by atoms with Gasteiger partial charge in [0, 0.05) is 32.3 Å². The fourth-order valence-corrected chi connectivity index (χ4v) is 3.63. The number of rotatable bonds is 12. The monoisotopic (exact) mass is 492 g/mol. The number of carbonyl (C=O) groups is 1. The molecule has 194 valence electrons. The molecule has 0 saturated carbocycles. The highest BCUT2D eigenvalue weighted by Crippen LogP contribution is 2.20. The Labute approximate surface area is 207 Å². The lowest BCUT2D eigenvalue weighted by molar-refractivity contribution is -0.109. The number of anilines is 1. The Kier molecular flexibility index (Phi) is 13.0. The first-order chi connectivity index (χ1) is 16.9. The number of halogens is 2. The fraction of sp³-hybridized carbons (Fsp3) is 0.538. The summed E-state index contributed by atoms with van der Waals surface area (Å²) in [4.78, 5) is 17.2. The molecule has 1 amide bonds. The number of hydrogen-bond donors (Lipinski definition) is 2. The van der Waals surface area contributed by atoms with Crippen LogP contribution in [0.15, 0.2) is 42.6 Å². The summed E-state index contributed by atoms with van der Waals surface area (Å²) in [5.41, 5.74) is 6.05. The van der Waals surface area contributed by atoms with Gasteiger partial charge in [-0.3, -0.25) is 4.79 Å². The smallest absolute Gasteiger partial charge is 0.207 e. The van der Waals surface area contributed by atoms with Crippen molar-refractivity contribution in [3.8, 4) is 5.75 Å². The molecule has 2 aromatic rings. The molecule has 0 aliphatic carbocycles. The minimum Gasteiger partial charge on any atom is -0.492 e. The lowest BCUT2D eigenvalue weighted by Crippen LogP contribution is -2.43. The van der Waals surface area contributed by atoms with Crippen molar-refractivity contribution in [2.45, 2.75) is 51.7 Å². The van der Waals surface area contributed by atoms with Crippen LogP contribution in [0, 0.1) is 17.6 Å². The molecule has 0 radical (unpaired) electrons. The Morgan fingerprint density at radius 1 is 1.17 bits per heavy atom. The highest BCUT2D eigenvalue weighted by atomic mass is 19.1. The predicted octanol–water partition coefficient (Wildman–Crippen LogP) is 3.92. The van der Waals surface area contributed by atoms with Gasteiger partial charge in [-0.2, -0.15) is 0 Å². The molecule has 1 saturated heterocycles. The van der Waals surface area contributed by atoms with Crippen molar-refractivity contribution in [2.24, 2.45) is 11.7 Å². The second-order valence-electron chi connectivity index (χ2n) is 8.88. The minimum absolute atomic E-state index is 0.222. The van der Waals surface area contributed by atoms with Crippen molar-refractivity contribution in [3.63, 3.8) is 0 Å². The summed E-state index contributed by atoms with van der Waals surface area (Å²) in [5.74, 6) is 1.21. The largest absolute Gasteiger partial charge is 0.492 e. The van der Waals surface area contributed by atoms with Crippen LogP contribution in [0.25, 0.3) is 0 Å². The van der Waals surface area contributed by atoms with E-state index >= 15 is 0 Å². The van der Waals surface area contributed by atoms with Crippen LogP contribution in [-0.4, -0.2) is 56.4 Å². The zero-order chi connectivity index (χ0) is 25.5. The standard InChI is InChI=1S/C20H34N4O3.C6H4F2/c1-16(2)26-11-8-17(7-9-22-15-25)14-27-19-5-6-20(23-12-19)24-10-3-4-18(21)13-24;7-5-1-2-6(8)4-3-5/h5-6,12,15-18H,3-4,7-11,13-14,21H2,1-2H3,(H,22,25);1-4H. The molecule has 9 heteroatoms. The quantitative estimate of drug-likeness (QED) is 0.345. The molecule has 0 bridgehead atoms. The lowest BCUT2D eigenvalue weighted by Gasteiger charge is -2.31. The van der Waals surface area contributed by atoms with Gasteiger partial charge >= 0.3 is 0 Å². The number of benzene rings is 1. The molecule has 0 spiro atoms. The number of nitrogens with one attached hydrogen (secondary N) is 1. The molecule has 1 aliphatic rings. The molecule has 2 unspecified atom stereocenters. The maximum Gasteiger partial charge on any atom is 0.207 e. The van der Waals surface area contributed by atoms with Gasteiger partial charge in [0.05, 0.1) is 18.9 Å². The molecule has 1 aromatic carbocycles. The van der Waals surface area contributed by atoms with Crippen LogP contribution in [0.4, 0.5) is 14.6 Å². The Hall–Kier alpha value is -2.78. The number of aromatic nitrogens is 1. The van der Waals surface area contributed by atoms with E-state index in [1.165, 1.54) is 0 Å². The van der Waals surface area contributed by atoms with Crippen LogP contribution >= 0.6 is 0 Å². The summed E-state index contributed by atoms with van der Waals surface area (Å²) in [5, 5.41) is 2.72. The van der Waals surface area contributed by atoms with Gasteiger partial charge in [0.2, 0.25) is 6.41 Å². The lowest BCUT2D eigenvalue weighted by atomic mass is 10.0. The maximum atomic E-state index is 11.9. The summed E-state index contributed by atoms with van der Waals surface area (Å²) in [6.07, 6.45) is 6.68. The van der Waals surface area contributed by atoms with Crippen molar-refractivity contribution >= 4 is 12.2 Å². The van der Waals surface area contributed by atoms with E-state index in [1.807, 2.05) is 26.0 Å². The minimum atomic E-state index is -0.411. The number of nitrogens with two attached hydrogens (primary N) is 1. The van der Waals surface area contributed by atoms with Crippen molar-refractivity contribution in [1.82, 2.24) is 10.3 Å². The van der Waals surface area contributed by atoms with E-state index in [2.05, 4.69) is 15.2 Å². The number of ether oxygens (including phenoxy) is 2. The number of pyridine rings is 1. The van der Waals surface area contributed by atoms with Gasteiger partial charge in [-0.15, -0.1) is 0 Å². The van der Waals surface area contributed by atoms with E-state index in [0.717, 1.165) is 81.0 Å². The third kappa shape index (κ3) is 12.0. The van der Waals surface area contributed by atoms with Crippen LogP contribution in [0.1, 0.15) is 39.5 Å². The molecule has 7 nitrogen and oxygen atoms in total. The van der Waals surface area contributed by atoms with Gasteiger partial charge in [-0.25, -0.2) is 13.8 Å². The first-order valence-corrected chi connectivity index (χ1v) is 12.2. The number of amides is 1. The highest BCUT2D eigenvalue weighted by molar-refractivity contribution is 5.45. The Balaban J connectivity index is 0.000000456. The van der Waals surface area contributed by atoms with Gasteiger partial charge < -0.3 is 25.4 Å². The van der Waals surface area contributed by atoms with E-state index in [0.29, 0.717) is 25.7 Å². The summed E-state index contributed by atoms with van der Waals surface area (Å²) < 4.78 is 35.4. The highest BCUT2D eigenvalue weighted by Gasteiger charge is 2.18. The van der Waals surface area contributed by atoms with Crippen LogP contribution in [0.5, 0.6) is 5.75 Å². The van der Waals surface area contributed by atoms with E-state index < -0.39 is 11.6 Å². The van der Waals surface area contributed by atoms with Crippen molar-refractivity contribution in [1.29, 1.82) is 0 Å². The third-order valence-electron chi connectivity index (χ3n) is 5.55. The molecular formula is C26H38F2N4O3. The zero-order valence-electron chi connectivity index (χ0n) is 20.7. The third-order valence-corrected chi connectivity index (χ3v) is 5.55. The maximum absolute atomic E-state index is 11.9. The molecule has 1 aliphatic heterocycles.